The Kier molecular flexibility index (Phi) is 8.93. The Labute approximate surface area is 238 Å². The maximum atomic E-state index is 13.0. The van der Waals surface area contributed by atoms with Gasteiger partial charge in [-0.05, 0) is 59.9 Å². The van der Waals surface area contributed by atoms with Crippen molar-refractivity contribution >= 4 is 38.6 Å². The van der Waals surface area contributed by atoms with Gasteiger partial charge in [0, 0.05) is 16.6 Å². The quantitative estimate of drug-likeness (QED) is 0.204. The van der Waals surface area contributed by atoms with Crippen molar-refractivity contribution < 1.29 is 37.4 Å². The maximum Gasteiger partial charge on any atom is 0.324 e. The summed E-state index contributed by atoms with van der Waals surface area (Å²) in [5.41, 5.74) is 3.51. The Balaban J connectivity index is 1.49. The fourth-order valence-corrected chi connectivity index (χ4v) is 5.84. The number of carbonyl (C=O) groups is 2. The first-order valence-corrected chi connectivity index (χ1v) is 14.4. The Morgan fingerprint density at radius 1 is 0.976 bits per heavy atom. The Hall–Kier alpha value is -4.03. The normalized spacial score (nSPS) is 13.2. The minimum absolute atomic E-state index is 0.00977. The van der Waals surface area contributed by atoms with E-state index in [2.05, 4.69) is 10.0 Å². The highest BCUT2D eigenvalue weighted by atomic mass is 32.2. The summed E-state index contributed by atoms with van der Waals surface area (Å²) >= 11 is 0. The lowest BCUT2D eigenvalue weighted by Crippen LogP contribution is -2.44. The van der Waals surface area contributed by atoms with Gasteiger partial charge in [-0.2, -0.15) is 4.72 Å². The molecule has 11 heteroatoms. The molecule has 3 aromatic carbocycles. The van der Waals surface area contributed by atoms with Crippen LogP contribution in [0.3, 0.4) is 0 Å². The van der Waals surface area contributed by atoms with Gasteiger partial charge in [-0.1, -0.05) is 50.2 Å². The van der Waals surface area contributed by atoms with E-state index in [9.17, 15) is 28.2 Å². The molecule has 0 saturated carbocycles. The molecule has 4 N–H and O–H groups in total. The van der Waals surface area contributed by atoms with Gasteiger partial charge in [0.2, 0.25) is 10.0 Å². The minimum atomic E-state index is -3.96. The molecule has 1 heterocycles. The summed E-state index contributed by atoms with van der Waals surface area (Å²) in [5.74, 6) is -1.33. The first-order valence-electron chi connectivity index (χ1n) is 12.9. The number of benzene rings is 3. The third-order valence-corrected chi connectivity index (χ3v) is 8.23. The molecule has 1 aromatic heterocycles. The zero-order valence-corrected chi connectivity index (χ0v) is 23.9. The van der Waals surface area contributed by atoms with Crippen molar-refractivity contribution in [2.24, 2.45) is 5.92 Å². The van der Waals surface area contributed by atoms with E-state index in [4.69, 9.17) is 9.15 Å². The van der Waals surface area contributed by atoms with Gasteiger partial charge in [-0.3, -0.25) is 9.59 Å². The number of fused-ring (bicyclic) bond motifs is 1. The number of methoxy groups -OCH3 is 1. The van der Waals surface area contributed by atoms with E-state index in [-0.39, 0.29) is 16.6 Å². The zero-order chi connectivity index (χ0) is 29.9. The van der Waals surface area contributed by atoms with Crippen LogP contribution in [0.5, 0.6) is 0 Å². The summed E-state index contributed by atoms with van der Waals surface area (Å²) in [6.45, 7) is 4.70. The monoisotopic (exact) mass is 580 g/mol. The van der Waals surface area contributed by atoms with Crippen molar-refractivity contribution in [3.05, 3.63) is 83.6 Å². The third kappa shape index (κ3) is 6.33. The van der Waals surface area contributed by atoms with Crippen molar-refractivity contribution in [3.8, 4) is 11.1 Å². The number of aryl methyl sites for hydroxylation is 1. The van der Waals surface area contributed by atoms with Gasteiger partial charge in [0.15, 0.2) is 5.76 Å². The van der Waals surface area contributed by atoms with Gasteiger partial charge in [0.25, 0.3) is 5.91 Å². The predicted octanol–water partition coefficient (Wildman–Crippen LogP) is 4.16. The number of aliphatic hydroxyl groups excluding tert-OH is 2. The molecule has 10 nitrogen and oxygen atoms in total. The van der Waals surface area contributed by atoms with Crippen LogP contribution in [0, 0.1) is 12.8 Å². The number of hydrogen-bond donors (Lipinski definition) is 4. The van der Waals surface area contributed by atoms with E-state index in [0.717, 1.165) is 11.1 Å². The number of sulfonamides is 1. The second-order valence-electron chi connectivity index (χ2n) is 9.90. The summed E-state index contributed by atoms with van der Waals surface area (Å²) in [5, 5.41) is 22.9. The number of anilines is 1. The second-order valence-corrected chi connectivity index (χ2v) is 11.6. The largest absolute Gasteiger partial charge is 0.468 e. The van der Waals surface area contributed by atoms with Crippen LogP contribution in [-0.2, 0) is 19.6 Å². The molecular weight excluding hydrogens is 548 g/mol. The topological polar surface area (TPSA) is 155 Å². The molecule has 216 valence electrons. The molecule has 4 rings (SSSR count). The van der Waals surface area contributed by atoms with E-state index >= 15 is 0 Å². The smallest absolute Gasteiger partial charge is 0.324 e. The van der Waals surface area contributed by atoms with Crippen LogP contribution in [0.25, 0.3) is 22.1 Å². The predicted molar refractivity (Wildman–Crippen MR) is 154 cm³/mol. The fraction of sp³-hybridized carbons (Fsp3) is 0.267. The highest BCUT2D eigenvalue weighted by molar-refractivity contribution is 7.89. The first kappa shape index (κ1) is 29.9. The highest BCUT2D eigenvalue weighted by Crippen LogP contribution is 2.32. The molecule has 1 unspecified atom stereocenters. The summed E-state index contributed by atoms with van der Waals surface area (Å²) in [6, 6.07) is 17.2. The van der Waals surface area contributed by atoms with Crippen LogP contribution in [0.1, 0.15) is 41.6 Å². The number of hydrogen-bond acceptors (Lipinski definition) is 8. The fourth-order valence-electron chi connectivity index (χ4n) is 4.51. The third-order valence-electron chi connectivity index (χ3n) is 6.77. The molecule has 0 saturated heterocycles. The number of nitrogens with one attached hydrogen (secondary N) is 2. The van der Waals surface area contributed by atoms with Gasteiger partial charge in [0.05, 0.1) is 18.6 Å². The van der Waals surface area contributed by atoms with Gasteiger partial charge >= 0.3 is 5.97 Å². The van der Waals surface area contributed by atoms with Gasteiger partial charge < -0.3 is 24.7 Å². The summed E-state index contributed by atoms with van der Waals surface area (Å²) in [7, 11) is -2.75. The lowest BCUT2D eigenvalue weighted by molar-refractivity contribution is -0.143. The van der Waals surface area contributed by atoms with Crippen LogP contribution in [0.4, 0.5) is 5.69 Å². The van der Waals surface area contributed by atoms with Crippen molar-refractivity contribution in [1.82, 2.24) is 4.72 Å². The Morgan fingerprint density at radius 3 is 2.15 bits per heavy atom. The molecule has 0 bridgehead atoms. The minimum Gasteiger partial charge on any atom is -0.468 e. The van der Waals surface area contributed by atoms with Gasteiger partial charge in [0.1, 0.15) is 17.7 Å². The molecular formula is C30H32N2O8S. The van der Waals surface area contributed by atoms with Crippen LogP contribution in [0.15, 0.2) is 76.0 Å². The first-order chi connectivity index (χ1) is 19.5. The van der Waals surface area contributed by atoms with Crippen molar-refractivity contribution in [3.63, 3.8) is 0 Å². The van der Waals surface area contributed by atoms with E-state index in [0.29, 0.717) is 27.8 Å². The molecule has 0 aliphatic heterocycles. The molecule has 0 aliphatic rings. The number of esters is 1. The van der Waals surface area contributed by atoms with Crippen LogP contribution in [-0.4, -0.2) is 50.3 Å². The molecule has 41 heavy (non-hydrogen) atoms. The average molecular weight is 581 g/mol. The number of furan rings is 1. The SMILES string of the molecule is COC(=O)[C@@H](NS(=O)(=O)c1ccc(-c2ccc(NC(=O)c3oc4cccc(C(O)CO)c4c3C)cc2)cc1)C(C)C. The molecule has 2 atom stereocenters. The summed E-state index contributed by atoms with van der Waals surface area (Å²) < 4.78 is 38.6. The molecule has 0 radical (unpaired) electrons. The summed E-state index contributed by atoms with van der Waals surface area (Å²) in [6.07, 6.45) is -1.10. The molecule has 0 spiro atoms. The van der Waals surface area contributed by atoms with E-state index < -0.39 is 40.7 Å². The van der Waals surface area contributed by atoms with Gasteiger partial charge in [-0.15, -0.1) is 0 Å². The van der Waals surface area contributed by atoms with Crippen molar-refractivity contribution in [2.45, 2.75) is 37.8 Å². The highest BCUT2D eigenvalue weighted by Gasteiger charge is 2.29. The van der Waals surface area contributed by atoms with Crippen molar-refractivity contribution in [2.75, 3.05) is 19.0 Å². The molecule has 1 amide bonds. The Morgan fingerprint density at radius 2 is 1.59 bits per heavy atom. The average Bonchev–Trinajstić information content (AvgIpc) is 3.32. The van der Waals surface area contributed by atoms with Crippen LogP contribution in [0.2, 0.25) is 0 Å². The number of carbonyl (C=O) groups excluding carboxylic acids is 2. The maximum absolute atomic E-state index is 13.0. The van der Waals surface area contributed by atoms with Crippen LogP contribution >= 0.6 is 0 Å². The number of aliphatic hydroxyl groups is 2. The number of rotatable bonds is 10. The molecule has 4 aromatic rings. The van der Waals surface area contributed by atoms with E-state index in [1.54, 1.807) is 75.4 Å². The Bertz CT molecular complexity index is 1660. The zero-order valence-electron chi connectivity index (χ0n) is 23.0. The lowest BCUT2D eigenvalue weighted by Gasteiger charge is -2.19. The van der Waals surface area contributed by atoms with Gasteiger partial charge in [-0.25, -0.2) is 8.42 Å². The van der Waals surface area contributed by atoms with Crippen LogP contribution < -0.4 is 10.0 Å². The number of amides is 1. The lowest BCUT2D eigenvalue weighted by atomic mass is 10.0. The second kappa shape index (κ2) is 12.2. The molecule has 0 fully saturated rings. The van der Waals surface area contributed by atoms with E-state index in [1.165, 1.54) is 19.2 Å². The van der Waals surface area contributed by atoms with Crippen molar-refractivity contribution in [1.29, 1.82) is 0 Å². The molecule has 0 aliphatic carbocycles. The van der Waals surface area contributed by atoms with E-state index in [1.807, 2.05) is 0 Å². The summed E-state index contributed by atoms with van der Waals surface area (Å²) in [4.78, 5) is 25.0. The standard InChI is InChI=1S/C30H32N2O8S/c1-17(2)27(30(36)39-4)32-41(37,38)22-14-10-20(11-15-22)19-8-12-21(13-9-19)31-29(35)28-18(3)26-23(24(34)16-33)6-5-7-25(26)40-28/h5-15,17,24,27,32-34H,16H2,1-4H3,(H,31,35)/t24?,27-/m0/s1. The number of ether oxygens (including phenoxy) is 1.